The molecule has 0 aliphatic carbocycles. The van der Waals surface area contributed by atoms with Crippen LogP contribution in [0.25, 0.3) is 11.0 Å². The highest BCUT2D eigenvalue weighted by Gasteiger charge is 2.18. The van der Waals surface area contributed by atoms with Crippen LogP contribution in [0.5, 0.6) is 5.75 Å². The number of ether oxygens (including phenoxy) is 1. The minimum atomic E-state index is -0.414. The quantitative estimate of drug-likeness (QED) is 0.643. The number of nitrogens with zero attached hydrogens (tertiary/aromatic N) is 1. The van der Waals surface area contributed by atoms with Crippen LogP contribution in [0.4, 0.5) is 0 Å². The van der Waals surface area contributed by atoms with Crippen molar-refractivity contribution in [1.29, 1.82) is 0 Å². The van der Waals surface area contributed by atoms with Crippen LogP contribution < -0.4 is 15.7 Å². The Morgan fingerprint density at radius 3 is 2.78 bits per heavy atom. The Balaban J connectivity index is 1.59. The molecule has 27 heavy (non-hydrogen) atoms. The first-order valence-electron chi connectivity index (χ1n) is 8.58. The summed E-state index contributed by atoms with van der Waals surface area (Å²) >= 11 is 0. The number of carbonyl (C=O) groups is 1. The SMILES string of the molecule is Cc1cc(=O)oc2cc(OCC(=O)NCC(c3ccco3)N(C)C)ccc12. The van der Waals surface area contributed by atoms with Gasteiger partial charge in [-0.1, -0.05) is 0 Å². The molecule has 0 aliphatic rings. The molecular weight excluding hydrogens is 348 g/mol. The molecule has 0 saturated carbocycles. The van der Waals surface area contributed by atoms with E-state index in [1.165, 1.54) is 6.07 Å². The Kier molecular flexibility index (Phi) is 5.61. The van der Waals surface area contributed by atoms with Gasteiger partial charge in [0.25, 0.3) is 5.91 Å². The highest BCUT2D eigenvalue weighted by Crippen LogP contribution is 2.22. The smallest absolute Gasteiger partial charge is 0.336 e. The predicted molar refractivity (Wildman–Crippen MR) is 101 cm³/mol. The molecule has 1 unspecified atom stereocenters. The van der Waals surface area contributed by atoms with Crippen molar-refractivity contribution in [2.24, 2.45) is 0 Å². The van der Waals surface area contributed by atoms with Crippen LogP contribution in [0.15, 0.2) is 56.3 Å². The second-order valence-electron chi connectivity index (χ2n) is 6.49. The van der Waals surface area contributed by atoms with Crippen LogP contribution in [0.3, 0.4) is 0 Å². The summed E-state index contributed by atoms with van der Waals surface area (Å²) in [5.41, 5.74) is 0.851. The maximum atomic E-state index is 12.1. The summed E-state index contributed by atoms with van der Waals surface area (Å²) in [5.74, 6) is 0.988. The molecule has 1 amide bonds. The zero-order chi connectivity index (χ0) is 19.4. The van der Waals surface area contributed by atoms with E-state index < -0.39 is 5.63 Å². The molecule has 142 valence electrons. The lowest BCUT2D eigenvalue weighted by Crippen LogP contribution is -2.36. The first-order valence-corrected chi connectivity index (χ1v) is 8.58. The molecule has 0 aliphatic heterocycles. The molecule has 3 rings (SSSR count). The molecule has 0 bridgehead atoms. The van der Waals surface area contributed by atoms with E-state index >= 15 is 0 Å². The molecule has 1 atom stereocenters. The number of fused-ring (bicyclic) bond motifs is 1. The third-order valence-electron chi connectivity index (χ3n) is 4.28. The number of hydrogen-bond acceptors (Lipinski definition) is 6. The Hall–Kier alpha value is -3.06. The molecule has 0 saturated heterocycles. The fourth-order valence-electron chi connectivity index (χ4n) is 2.82. The summed E-state index contributed by atoms with van der Waals surface area (Å²) in [7, 11) is 3.83. The van der Waals surface area contributed by atoms with E-state index in [2.05, 4.69) is 5.32 Å². The van der Waals surface area contributed by atoms with Crippen LogP contribution in [0, 0.1) is 6.92 Å². The normalized spacial score (nSPS) is 12.3. The molecule has 7 heteroatoms. The number of likely N-dealkylation sites (N-methyl/N-ethyl adjacent to an activating group) is 1. The molecule has 0 fully saturated rings. The Labute approximate surface area is 156 Å². The fourth-order valence-corrected chi connectivity index (χ4v) is 2.82. The van der Waals surface area contributed by atoms with Crippen molar-refractivity contribution in [3.05, 3.63) is 64.4 Å². The third-order valence-corrected chi connectivity index (χ3v) is 4.28. The van der Waals surface area contributed by atoms with E-state index in [-0.39, 0.29) is 18.6 Å². The van der Waals surface area contributed by atoms with E-state index in [1.807, 2.05) is 38.1 Å². The lowest BCUT2D eigenvalue weighted by atomic mass is 10.1. The number of benzene rings is 1. The minimum absolute atomic E-state index is 0.0677. The van der Waals surface area contributed by atoms with Crippen molar-refractivity contribution in [2.75, 3.05) is 27.2 Å². The first kappa shape index (κ1) is 18.7. The zero-order valence-corrected chi connectivity index (χ0v) is 15.5. The molecule has 7 nitrogen and oxygen atoms in total. The van der Waals surface area contributed by atoms with Gasteiger partial charge in [-0.05, 0) is 50.8 Å². The van der Waals surface area contributed by atoms with Crippen molar-refractivity contribution in [3.8, 4) is 5.75 Å². The summed E-state index contributed by atoms with van der Waals surface area (Å²) in [5, 5.41) is 3.67. The average molecular weight is 370 g/mol. The van der Waals surface area contributed by atoms with Gasteiger partial charge in [0, 0.05) is 24.1 Å². The van der Waals surface area contributed by atoms with Gasteiger partial charge >= 0.3 is 5.63 Å². The molecule has 1 N–H and O–H groups in total. The first-order chi connectivity index (χ1) is 12.9. The van der Waals surface area contributed by atoms with Gasteiger partial charge in [-0.3, -0.25) is 9.69 Å². The van der Waals surface area contributed by atoms with Crippen LogP contribution in [-0.2, 0) is 4.79 Å². The zero-order valence-electron chi connectivity index (χ0n) is 15.5. The summed E-state index contributed by atoms with van der Waals surface area (Å²) in [6.07, 6.45) is 1.61. The van der Waals surface area contributed by atoms with Gasteiger partial charge in [0.1, 0.15) is 17.1 Å². The number of nitrogens with one attached hydrogen (secondary N) is 1. The van der Waals surface area contributed by atoms with Crippen molar-refractivity contribution >= 4 is 16.9 Å². The van der Waals surface area contributed by atoms with Gasteiger partial charge < -0.3 is 18.9 Å². The van der Waals surface area contributed by atoms with Gasteiger partial charge in [-0.2, -0.15) is 0 Å². The largest absolute Gasteiger partial charge is 0.484 e. The van der Waals surface area contributed by atoms with E-state index in [9.17, 15) is 9.59 Å². The molecule has 0 spiro atoms. The minimum Gasteiger partial charge on any atom is -0.484 e. The van der Waals surface area contributed by atoms with Gasteiger partial charge in [0.05, 0.1) is 12.3 Å². The number of hydrogen-bond donors (Lipinski definition) is 1. The average Bonchev–Trinajstić information content (AvgIpc) is 3.13. The van der Waals surface area contributed by atoms with E-state index in [1.54, 1.807) is 24.5 Å². The summed E-state index contributed by atoms with van der Waals surface area (Å²) in [4.78, 5) is 25.6. The number of carbonyl (C=O) groups excluding carboxylic acids is 1. The Morgan fingerprint density at radius 2 is 2.07 bits per heavy atom. The van der Waals surface area contributed by atoms with Crippen molar-refractivity contribution in [1.82, 2.24) is 10.2 Å². The van der Waals surface area contributed by atoms with E-state index in [4.69, 9.17) is 13.6 Å². The van der Waals surface area contributed by atoms with Gasteiger partial charge in [-0.25, -0.2) is 4.79 Å². The number of aryl methyl sites for hydroxylation is 1. The predicted octanol–water partition coefficient (Wildman–Crippen LogP) is 2.49. The fraction of sp³-hybridized carbons (Fsp3) is 0.300. The van der Waals surface area contributed by atoms with E-state index in [0.717, 1.165) is 16.7 Å². The van der Waals surface area contributed by atoms with Crippen LogP contribution >= 0.6 is 0 Å². The molecule has 0 radical (unpaired) electrons. The number of furan rings is 1. The second kappa shape index (κ2) is 8.09. The van der Waals surface area contributed by atoms with Gasteiger partial charge in [-0.15, -0.1) is 0 Å². The maximum Gasteiger partial charge on any atom is 0.336 e. The second-order valence-corrected chi connectivity index (χ2v) is 6.49. The summed E-state index contributed by atoms with van der Waals surface area (Å²) in [6, 6.07) is 10.2. The maximum absolute atomic E-state index is 12.1. The molecule has 1 aromatic carbocycles. The Bertz CT molecular complexity index is 976. The standard InChI is InChI=1S/C20H22N2O5/c1-13-9-20(24)27-18-10-14(6-7-15(13)18)26-12-19(23)21-11-16(22(2)3)17-5-4-8-25-17/h4-10,16H,11-12H2,1-3H3,(H,21,23). The summed E-state index contributed by atoms with van der Waals surface area (Å²) in [6.45, 7) is 2.10. The van der Waals surface area contributed by atoms with Crippen molar-refractivity contribution in [3.63, 3.8) is 0 Å². The number of rotatable bonds is 7. The van der Waals surface area contributed by atoms with E-state index in [0.29, 0.717) is 17.9 Å². The molecule has 2 aromatic heterocycles. The highest BCUT2D eigenvalue weighted by molar-refractivity contribution is 5.81. The molecular formula is C20H22N2O5. The van der Waals surface area contributed by atoms with Crippen molar-refractivity contribution < 1.29 is 18.4 Å². The van der Waals surface area contributed by atoms with Crippen molar-refractivity contribution in [2.45, 2.75) is 13.0 Å². The van der Waals surface area contributed by atoms with Gasteiger partial charge in [0.2, 0.25) is 0 Å². The lowest BCUT2D eigenvalue weighted by Gasteiger charge is -2.22. The Morgan fingerprint density at radius 1 is 1.26 bits per heavy atom. The molecule has 2 heterocycles. The third kappa shape index (κ3) is 4.57. The van der Waals surface area contributed by atoms with Gasteiger partial charge in [0.15, 0.2) is 6.61 Å². The monoisotopic (exact) mass is 370 g/mol. The topological polar surface area (TPSA) is 84.9 Å². The summed E-state index contributed by atoms with van der Waals surface area (Å²) < 4.78 is 16.1. The lowest BCUT2D eigenvalue weighted by molar-refractivity contribution is -0.123. The van der Waals surface area contributed by atoms with Crippen LogP contribution in [0.2, 0.25) is 0 Å². The van der Waals surface area contributed by atoms with Crippen LogP contribution in [-0.4, -0.2) is 38.1 Å². The highest BCUT2D eigenvalue weighted by atomic mass is 16.5. The van der Waals surface area contributed by atoms with Crippen LogP contribution in [0.1, 0.15) is 17.4 Å². The molecule has 3 aromatic rings. The number of amides is 1.